The molecular weight excluding hydrogens is 1150 g/mol. The van der Waals surface area contributed by atoms with Gasteiger partial charge in [0.15, 0.2) is 35.1 Å². The van der Waals surface area contributed by atoms with Crippen LogP contribution < -0.4 is 37.8 Å². The molecule has 0 saturated carbocycles. The van der Waals surface area contributed by atoms with E-state index in [2.05, 4.69) is 48.5 Å². The Morgan fingerprint density at radius 3 is 2.05 bits per heavy atom. The Labute approximate surface area is 441 Å². The highest BCUT2D eigenvalue weighted by molar-refractivity contribution is 8.08. The molecule has 0 aromatic carbocycles. The van der Waals surface area contributed by atoms with Crippen LogP contribution in [0.15, 0.2) is 34.9 Å². The number of hydrogen-bond donors (Lipinski definition) is 11. The van der Waals surface area contributed by atoms with Gasteiger partial charge in [-0.25, -0.2) is 37.9 Å². The summed E-state index contributed by atoms with van der Waals surface area (Å²) in [5.41, 5.74) is 14.0. The molecule has 0 amide bonds. The Kier molecular flexibility index (Phi) is 16.3. The van der Waals surface area contributed by atoms with E-state index < -0.39 is 134 Å². The third-order valence-electron chi connectivity index (χ3n) is 12.8. The van der Waals surface area contributed by atoms with Gasteiger partial charge in [-0.15, -0.1) is 0 Å². The molecule has 428 valence electrons. The Morgan fingerprint density at radius 1 is 0.756 bits per heavy atom. The monoisotopic (exact) mass is 1200 g/mol. The van der Waals surface area contributed by atoms with Crippen molar-refractivity contribution in [3.8, 4) is 0 Å². The van der Waals surface area contributed by atoms with Crippen LogP contribution >= 0.6 is 30.0 Å². The average Bonchev–Trinajstić information content (AvgIpc) is 4.37. The first-order valence-corrected chi connectivity index (χ1v) is 30.0. The highest BCUT2D eigenvalue weighted by Crippen LogP contribution is 2.68. The Morgan fingerprint density at radius 2 is 1.36 bits per heavy atom. The maximum Gasteiger partial charge on any atom is 0.488 e. The van der Waals surface area contributed by atoms with E-state index in [0.29, 0.717) is 6.54 Å². The number of rotatable bonds is 21. The molecule has 0 aliphatic carbocycles. The van der Waals surface area contributed by atoms with E-state index in [1.54, 1.807) is 19.0 Å². The van der Waals surface area contributed by atoms with E-state index in [-0.39, 0.29) is 57.6 Å². The third kappa shape index (κ3) is 11.6. The van der Waals surface area contributed by atoms with Crippen LogP contribution in [-0.4, -0.2) is 184 Å². The van der Waals surface area contributed by atoms with Crippen molar-refractivity contribution in [3.63, 3.8) is 0 Å². The molecule has 14 N–H and O–H groups in total. The molecule has 6 aromatic rings. The van der Waals surface area contributed by atoms with Gasteiger partial charge in [-0.3, -0.25) is 33.2 Å². The van der Waals surface area contributed by atoms with E-state index >= 15 is 0 Å². The first-order valence-electron chi connectivity index (χ1n) is 22.8. The number of hydrogen-bond acceptors (Lipinski definition) is 29. The highest BCUT2D eigenvalue weighted by atomic mass is 32.5. The number of phosphoric ester groups is 1. The molecule has 42 heteroatoms. The minimum Gasteiger partial charge on any atom is -0.778 e. The van der Waals surface area contributed by atoms with Gasteiger partial charge in [-0.05, 0) is 38.9 Å². The number of nitrogens with zero attached hydrogens (tertiary/aromatic N) is 11. The molecule has 0 radical (unpaired) electrons. The average molecular weight is 1200 g/mol. The lowest BCUT2D eigenvalue weighted by atomic mass is 9.94. The van der Waals surface area contributed by atoms with Crippen molar-refractivity contribution in [2.75, 3.05) is 64.8 Å². The lowest BCUT2D eigenvalue weighted by molar-refractivity contribution is -0.646. The van der Waals surface area contributed by atoms with Gasteiger partial charge >= 0.3 is 27.9 Å². The number of aliphatic hydroxyl groups excluding tert-OH is 3. The Bertz CT molecular complexity index is 3550. The number of anilines is 3. The molecule has 6 unspecified atom stereocenters. The van der Waals surface area contributed by atoms with Crippen molar-refractivity contribution in [2.45, 2.75) is 73.5 Å². The first-order chi connectivity index (χ1) is 36.6. The fourth-order valence-electron chi connectivity index (χ4n) is 9.33. The quantitative estimate of drug-likeness (QED) is 0.0242. The second-order valence-corrected chi connectivity index (χ2v) is 26.2. The van der Waals surface area contributed by atoms with Gasteiger partial charge in [0, 0.05) is 13.0 Å². The molecule has 78 heavy (non-hydrogen) atoms. The molecule has 0 bridgehead atoms. The molecule has 6 aromatic heterocycles. The van der Waals surface area contributed by atoms with Crippen molar-refractivity contribution in [1.29, 1.82) is 0 Å². The van der Waals surface area contributed by atoms with Gasteiger partial charge in [-0.2, -0.15) is 18.8 Å². The van der Waals surface area contributed by atoms with E-state index in [0.717, 1.165) is 24.3 Å². The van der Waals surface area contributed by atoms with Crippen molar-refractivity contribution in [2.24, 2.45) is 13.0 Å². The topological polar surface area (TPSA) is 522 Å². The lowest BCUT2D eigenvalue weighted by Crippen LogP contribution is -2.40. The minimum atomic E-state index is -5.99. The number of nitrogen functional groups attached to an aromatic ring is 3. The third-order valence-corrected chi connectivity index (χ3v) is 19.8. The maximum atomic E-state index is 14.4. The van der Waals surface area contributed by atoms with Gasteiger partial charge in [-0.1, -0.05) is 0 Å². The van der Waals surface area contributed by atoms with Crippen molar-refractivity contribution in [3.05, 3.63) is 46.0 Å². The lowest BCUT2D eigenvalue weighted by Gasteiger charge is -2.35. The van der Waals surface area contributed by atoms with E-state index in [1.807, 2.05) is 0 Å². The molecule has 3 aliphatic rings. The second kappa shape index (κ2) is 22.0. The Hall–Kier alpha value is -4.69. The standard InChI is InChI=1S/C36H52N16O21P4S/c1-48(2)6-5-14-15(69-32(21(14)53)52-13-49(3)20-29(52)45-36(39)47-31(20)57)7-67-75(60,61)72-76(62,63)73-77(64,78)68-9-17-25(24(65-4)34(71-17)50-11-42-18-26(37)40-10-41-27(18)50)74(58,59)66-8-16-22(54)23(55)33(70-16)51-12-43-19-28(51)44-35(38)46-30(19)56/h10-17,21-25,32-34,53-55H,5-9H2,1-4H3,(H11-,37,38,39,40,41,44,45,46,47,56,57,58,59,60,61,62,63,64,78)/t14-,15-,16-,17?,21-,22-,23-,24-,25-,32?,33-,34-,77?/m1/s1. The number of aliphatic hydroxyl groups is 3. The molecule has 37 nitrogen and oxygen atoms in total. The molecule has 16 atom stereocenters. The normalized spacial score (nSPS) is 29.8. The SMILES string of the molecule is CO[C@H]1[C@H](n2cnc3c(N)ncnc32)OC(COP(O)(=S)OP(=O)(O)OP(=O)(O)OC[C@H]2OC(n3c[n+](C)c4c(=O)[nH]c(N)nc43)[C@H](O)[C@@H]2CCN(C)C)[C@H]1P(=O)([O-])OC[C@H]1O[C@@H](n2cnc3c(=O)[nH]c(N)nc32)[C@H](O)[C@@H]1O. The highest BCUT2D eigenvalue weighted by Gasteiger charge is 2.54. The number of aromatic nitrogens is 12. The largest absolute Gasteiger partial charge is 0.778 e. The molecule has 3 fully saturated rings. The van der Waals surface area contributed by atoms with E-state index in [9.17, 15) is 58.2 Å². The van der Waals surface area contributed by atoms with Crippen LogP contribution in [0.3, 0.4) is 0 Å². The van der Waals surface area contributed by atoms with Crippen LogP contribution in [0.1, 0.15) is 25.1 Å². The number of aryl methyl sites for hydroxylation is 1. The smallest absolute Gasteiger partial charge is 0.488 e. The summed E-state index contributed by atoms with van der Waals surface area (Å²) in [6, 6.07) is 0. The van der Waals surface area contributed by atoms with Crippen LogP contribution in [0.4, 0.5) is 17.7 Å². The van der Waals surface area contributed by atoms with Gasteiger partial charge < -0.3 is 89.6 Å². The summed E-state index contributed by atoms with van der Waals surface area (Å²) in [5.74, 6) is -1.45. The zero-order chi connectivity index (χ0) is 56.6. The summed E-state index contributed by atoms with van der Waals surface area (Å²) in [5, 5.41) is 33.5. The van der Waals surface area contributed by atoms with Crippen molar-refractivity contribution < 1.29 is 94.3 Å². The van der Waals surface area contributed by atoms with Crippen LogP contribution in [0, 0.1) is 5.92 Å². The molecule has 9 rings (SSSR count). The molecule has 9 heterocycles. The summed E-state index contributed by atoms with van der Waals surface area (Å²) in [6.45, 7) is -7.74. The van der Waals surface area contributed by atoms with Crippen LogP contribution in [0.25, 0.3) is 33.5 Å². The zero-order valence-corrected chi connectivity index (χ0v) is 45.3. The Balaban J connectivity index is 0.892. The number of ether oxygens (including phenoxy) is 4. The van der Waals surface area contributed by atoms with Crippen LogP contribution in [0.5, 0.6) is 0 Å². The molecule has 3 saturated heterocycles. The number of phosphoric acid groups is 2. The first kappa shape index (κ1) is 58.0. The van der Waals surface area contributed by atoms with Gasteiger partial charge in [0.25, 0.3) is 16.7 Å². The van der Waals surface area contributed by atoms with Crippen molar-refractivity contribution in [1.82, 2.24) is 58.5 Å². The van der Waals surface area contributed by atoms with Gasteiger partial charge in [0.05, 0.1) is 57.4 Å². The summed E-state index contributed by atoms with van der Waals surface area (Å²) in [6.07, 6.45) is -10.5. The summed E-state index contributed by atoms with van der Waals surface area (Å²) in [7, 11) is -11.0. The van der Waals surface area contributed by atoms with Gasteiger partial charge in [0.2, 0.25) is 24.5 Å². The summed E-state index contributed by atoms with van der Waals surface area (Å²) >= 11 is 4.96. The predicted molar refractivity (Wildman–Crippen MR) is 263 cm³/mol. The van der Waals surface area contributed by atoms with E-state index in [4.69, 9.17) is 61.5 Å². The number of nitrogens with one attached hydrogen (secondary N) is 2. The number of nitrogens with two attached hydrogens (primary N) is 3. The number of imidazole rings is 3. The molecular formula is C36H52N16O21P4S. The number of fused-ring (bicyclic) bond motifs is 3. The van der Waals surface area contributed by atoms with Crippen molar-refractivity contribution >= 4 is 93.0 Å². The van der Waals surface area contributed by atoms with Crippen LogP contribution in [0.2, 0.25) is 0 Å². The fraction of sp³-hybridized carbons (Fsp3) is 0.583. The number of H-pyrrole nitrogens is 2. The maximum absolute atomic E-state index is 14.4. The van der Waals surface area contributed by atoms with E-state index in [1.165, 1.54) is 33.4 Å². The fourth-order valence-corrected chi connectivity index (χ4v) is 15.5. The second-order valence-electron chi connectivity index (χ2n) is 18.2. The molecule has 3 aliphatic heterocycles. The summed E-state index contributed by atoms with van der Waals surface area (Å²) < 4.78 is 94.7. The zero-order valence-electron chi connectivity index (χ0n) is 40.9. The van der Waals surface area contributed by atoms with Gasteiger partial charge in [0.1, 0.15) is 50.0 Å². The minimum absolute atomic E-state index is 0.0258. The predicted octanol–water partition coefficient (Wildman–Crippen LogP) is -3.95. The van der Waals surface area contributed by atoms with Crippen LogP contribution in [-0.2, 0) is 73.7 Å². The summed E-state index contributed by atoms with van der Waals surface area (Å²) in [4.78, 5) is 103. The molecule has 0 spiro atoms. The number of aromatic amines is 2. The number of methoxy groups -OCH3 is 1.